The maximum Gasteiger partial charge on any atom is 0.305 e. The van der Waals surface area contributed by atoms with Gasteiger partial charge in [0.05, 0.1) is 6.42 Å². The standard InChI is InChI=1S/C10H17NO3/c1-7(2)8(6-10(13)14)11-5-3-4-9(11)12/h7-8H,3-6H2,1-2H3,(H,13,14). The Balaban J connectivity index is 2.66. The largest absolute Gasteiger partial charge is 0.481 e. The number of carbonyl (C=O) groups is 2. The maximum absolute atomic E-state index is 11.4. The third kappa shape index (κ3) is 2.47. The van der Waals surface area contributed by atoms with Gasteiger partial charge in [0.2, 0.25) is 5.91 Å². The number of aliphatic carboxylic acids is 1. The minimum absolute atomic E-state index is 0.0589. The van der Waals surface area contributed by atoms with Crippen LogP contribution in [-0.4, -0.2) is 34.5 Å². The van der Waals surface area contributed by atoms with Gasteiger partial charge >= 0.3 is 5.97 Å². The predicted molar refractivity (Wildman–Crippen MR) is 51.8 cm³/mol. The summed E-state index contributed by atoms with van der Waals surface area (Å²) in [7, 11) is 0. The normalized spacial score (nSPS) is 19.1. The first kappa shape index (κ1) is 11.0. The van der Waals surface area contributed by atoms with E-state index in [1.54, 1.807) is 4.90 Å². The Morgan fingerprint density at radius 2 is 2.21 bits per heavy atom. The molecular formula is C10H17NO3. The highest BCUT2D eigenvalue weighted by molar-refractivity contribution is 5.79. The molecule has 80 valence electrons. The Morgan fingerprint density at radius 1 is 1.57 bits per heavy atom. The summed E-state index contributed by atoms with van der Waals surface area (Å²) in [5.41, 5.74) is 0. The average Bonchev–Trinajstić information content (AvgIpc) is 2.46. The van der Waals surface area contributed by atoms with Gasteiger partial charge in [-0.15, -0.1) is 0 Å². The van der Waals surface area contributed by atoms with E-state index in [1.807, 2.05) is 13.8 Å². The molecule has 0 aromatic carbocycles. The first-order valence-electron chi connectivity index (χ1n) is 5.03. The molecule has 0 aliphatic carbocycles. The number of carbonyl (C=O) groups excluding carboxylic acids is 1. The lowest BCUT2D eigenvalue weighted by atomic mass is 9.99. The number of hydrogen-bond acceptors (Lipinski definition) is 2. The van der Waals surface area contributed by atoms with Crippen LogP contribution in [0.1, 0.15) is 33.1 Å². The van der Waals surface area contributed by atoms with Crippen molar-refractivity contribution in [3.63, 3.8) is 0 Å². The number of likely N-dealkylation sites (tertiary alicyclic amines) is 1. The summed E-state index contributed by atoms with van der Waals surface area (Å²) in [5.74, 6) is -0.526. The topological polar surface area (TPSA) is 57.6 Å². The van der Waals surface area contributed by atoms with Crippen LogP contribution in [0.5, 0.6) is 0 Å². The van der Waals surface area contributed by atoms with Gasteiger partial charge in [0, 0.05) is 19.0 Å². The summed E-state index contributed by atoms with van der Waals surface area (Å²) in [6, 6.07) is -0.137. The minimum atomic E-state index is -0.830. The molecule has 1 amide bonds. The monoisotopic (exact) mass is 199 g/mol. The molecule has 14 heavy (non-hydrogen) atoms. The molecule has 1 heterocycles. The van der Waals surface area contributed by atoms with Crippen LogP contribution in [0, 0.1) is 5.92 Å². The molecule has 1 atom stereocenters. The highest BCUT2D eigenvalue weighted by Gasteiger charge is 2.31. The van der Waals surface area contributed by atoms with Gasteiger partial charge in [-0.2, -0.15) is 0 Å². The summed E-state index contributed by atoms with van der Waals surface area (Å²) >= 11 is 0. The second-order valence-electron chi connectivity index (χ2n) is 4.10. The molecule has 1 aliphatic heterocycles. The molecule has 1 saturated heterocycles. The number of amides is 1. The van der Waals surface area contributed by atoms with E-state index >= 15 is 0 Å². The van der Waals surface area contributed by atoms with E-state index in [-0.39, 0.29) is 24.3 Å². The zero-order chi connectivity index (χ0) is 10.7. The third-order valence-corrected chi connectivity index (χ3v) is 2.66. The van der Waals surface area contributed by atoms with Crippen molar-refractivity contribution in [2.75, 3.05) is 6.54 Å². The molecule has 0 spiro atoms. The van der Waals surface area contributed by atoms with Crippen molar-refractivity contribution in [3.05, 3.63) is 0 Å². The van der Waals surface area contributed by atoms with Gasteiger partial charge in [0.15, 0.2) is 0 Å². The summed E-state index contributed by atoms with van der Waals surface area (Å²) in [4.78, 5) is 23.8. The van der Waals surface area contributed by atoms with E-state index in [9.17, 15) is 9.59 Å². The van der Waals surface area contributed by atoms with Crippen molar-refractivity contribution >= 4 is 11.9 Å². The van der Waals surface area contributed by atoms with Crippen molar-refractivity contribution in [3.8, 4) is 0 Å². The lowest BCUT2D eigenvalue weighted by Gasteiger charge is -2.29. The number of rotatable bonds is 4. The summed E-state index contributed by atoms with van der Waals surface area (Å²) in [6.45, 7) is 4.63. The highest BCUT2D eigenvalue weighted by Crippen LogP contribution is 2.21. The molecule has 4 nitrogen and oxygen atoms in total. The van der Waals surface area contributed by atoms with Crippen LogP contribution >= 0.6 is 0 Å². The van der Waals surface area contributed by atoms with Gasteiger partial charge in [-0.1, -0.05) is 13.8 Å². The Hall–Kier alpha value is -1.06. The lowest BCUT2D eigenvalue weighted by molar-refractivity contribution is -0.140. The van der Waals surface area contributed by atoms with Crippen LogP contribution < -0.4 is 0 Å². The van der Waals surface area contributed by atoms with Gasteiger partial charge in [-0.25, -0.2) is 0 Å². The van der Waals surface area contributed by atoms with E-state index < -0.39 is 5.97 Å². The summed E-state index contributed by atoms with van der Waals surface area (Å²) < 4.78 is 0. The third-order valence-electron chi connectivity index (χ3n) is 2.66. The second kappa shape index (κ2) is 4.44. The number of nitrogens with zero attached hydrogens (tertiary/aromatic N) is 1. The van der Waals surface area contributed by atoms with E-state index in [4.69, 9.17) is 5.11 Å². The molecule has 1 fully saturated rings. The fourth-order valence-corrected chi connectivity index (χ4v) is 1.90. The summed E-state index contributed by atoms with van der Waals surface area (Å²) in [6.07, 6.45) is 1.49. The van der Waals surface area contributed by atoms with E-state index in [0.29, 0.717) is 6.42 Å². The molecule has 1 rings (SSSR count). The number of carboxylic acids is 1. The SMILES string of the molecule is CC(C)C(CC(=O)O)N1CCCC1=O. The van der Waals surface area contributed by atoms with Crippen LogP contribution in [0.2, 0.25) is 0 Å². The van der Waals surface area contributed by atoms with Crippen LogP contribution in [0.4, 0.5) is 0 Å². The van der Waals surface area contributed by atoms with Crippen molar-refractivity contribution in [1.29, 1.82) is 0 Å². The fraction of sp³-hybridized carbons (Fsp3) is 0.800. The van der Waals surface area contributed by atoms with E-state index in [1.165, 1.54) is 0 Å². The van der Waals surface area contributed by atoms with Crippen LogP contribution in [0.3, 0.4) is 0 Å². The molecule has 0 bridgehead atoms. The fourth-order valence-electron chi connectivity index (χ4n) is 1.90. The van der Waals surface area contributed by atoms with Gasteiger partial charge < -0.3 is 10.0 Å². The Morgan fingerprint density at radius 3 is 2.57 bits per heavy atom. The van der Waals surface area contributed by atoms with Crippen LogP contribution in [0.15, 0.2) is 0 Å². The zero-order valence-corrected chi connectivity index (χ0v) is 8.69. The van der Waals surface area contributed by atoms with Crippen LogP contribution in [0.25, 0.3) is 0 Å². The van der Waals surface area contributed by atoms with E-state index in [2.05, 4.69) is 0 Å². The van der Waals surface area contributed by atoms with Crippen molar-refractivity contribution < 1.29 is 14.7 Å². The molecular weight excluding hydrogens is 182 g/mol. The van der Waals surface area contributed by atoms with Gasteiger partial charge in [-0.05, 0) is 12.3 Å². The first-order valence-corrected chi connectivity index (χ1v) is 5.03. The van der Waals surface area contributed by atoms with Crippen molar-refractivity contribution in [2.24, 2.45) is 5.92 Å². The first-order chi connectivity index (χ1) is 6.52. The predicted octanol–water partition coefficient (Wildman–Crippen LogP) is 1.11. The smallest absolute Gasteiger partial charge is 0.305 e. The van der Waals surface area contributed by atoms with Crippen molar-refractivity contribution in [2.45, 2.75) is 39.2 Å². The van der Waals surface area contributed by atoms with Crippen LogP contribution in [-0.2, 0) is 9.59 Å². The molecule has 0 radical (unpaired) electrons. The Labute approximate surface area is 83.9 Å². The second-order valence-corrected chi connectivity index (χ2v) is 4.10. The minimum Gasteiger partial charge on any atom is -0.481 e. The van der Waals surface area contributed by atoms with Gasteiger partial charge in [0.25, 0.3) is 0 Å². The molecule has 1 aliphatic rings. The molecule has 0 saturated carbocycles. The quantitative estimate of drug-likeness (QED) is 0.737. The Bertz CT molecular complexity index is 238. The van der Waals surface area contributed by atoms with Crippen molar-refractivity contribution in [1.82, 2.24) is 4.90 Å². The molecule has 1 unspecified atom stereocenters. The van der Waals surface area contributed by atoms with E-state index in [0.717, 1.165) is 13.0 Å². The maximum atomic E-state index is 11.4. The lowest BCUT2D eigenvalue weighted by Crippen LogP contribution is -2.41. The molecule has 0 aromatic heterocycles. The molecule has 1 N–H and O–H groups in total. The zero-order valence-electron chi connectivity index (χ0n) is 8.69. The average molecular weight is 199 g/mol. The Kier molecular flexibility index (Phi) is 3.49. The van der Waals surface area contributed by atoms with Gasteiger partial charge in [-0.3, -0.25) is 9.59 Å². The molecule has 0 aromatic rings. The van der Waals surface area contributed by atoms with Gasteiger partial charge in [0.1, 0.15) is 0 Å². The number of hydrogen-bond donors (Lipinski definition) is 1. The summed E-state index contributed by atoms with van der Waals surface area (Å²) in [5, 5.41) is 8.74. The highest BCUT2D eigenvalue weighted by atomic mass is 16.4. The number of carboxylic acid groups (broad SMARTS) is 1. The molecule has 4 heteroatoms.